The van der Waals surface area contributed by atoms with E-state index in [-0.39, 0.29) is 60.0 Å². The first kappa shape index (κ1) is 24.8. The van der Waals surface area contributed by atoms with Crippen LogP contribution < -0.4 is 5.43 Å². The van der Waals surface area contributed by atoms with Crippen LogP contribution in [0.25, 0.3) is 44.5 Å². The number of carbonyl (C=O) groups is 2. The molecule has 0 aromatic heterocycles. The zero-order chi connectivity index (χ0) is 26.6. The Hall–Kier alpha value is -3.84. The molecule has 0 unspecified atom stereocenters. The van der Waals surface area contributed by atoms with Gasteiger partial charge in [-0.2, -0.15) is 0 Å². The zero-order valence-electron chi connectivity index (χ0n) is 18.9. The highest BCUT2D eigenvalue weighted by atomic mass is 35.5. The summed E-state index contributed by atoms with van der Waals surface area (Å²) < 4.78 is 5.95. The van der Waals surface area contributed by atoms with Gasteiger partial charge in [0.15, 0.2) is 5.78 Å². The number of hydrogen-bond donors (Lipinski definition) is 2. The highest BCUT2D eigenvalue weighted by Crippen LogP contribution is 2.49. The maximum atomic E-state index is 12.4. The molecule has 2 N–H and O–H groups in total. The summed E-state index contributed by atoms with van der Waals surface area (Å²) in [6.45, 7) is 1.28. The lowest BCUT2D eigenvalue weighted by molar-refractivity contribution is 0.0697. The summed E-state index contributed by atoms with van der Waals surface area (Å²) in [5.41, 5.74) is 0.845. The molecule has 37 heavy (non-hydrogen) atoms. The molecule has 0 amide bonds. The van der Waals surface area contributed by atoms with Gasteiger partial charge in [0, 0.05) is 45.3 Å². The van der Waals surface area contributed by atoms with Crippen LogP contribution >= 0.6 is 34.8 Å². The van der Waals surface area contributed by atoms with Gasteiger partial charge in [-0.3, -0.25) is 9.59 Å². The Labute approximate surface area is 224 Å². The molecule has 184 valence electrons. The molecule has 3 aromatic carbocycles. The molecule has 1 aliphatic carbocycles. The van der Waals surface area contributed by atoms with Gasteiger partial charge in [0.2, 0.25) is 5.43 Å². The minimum absolute atomic E-state index is 0.0161. The minimum Gasteiger partial charge on any atom is -0.507 e. The van der Waals surface area contributed by atoms with Crippen LogP contribution in [0.2, 0.25) is 15.1 Å². The number of rotatable bonds is 4. The lowest BCUT2D eigenvalue weighted by Crippen LogP contribution is -2.08. The molecule has 1 aliphatic heterocycles. The molecular weight excluding hydrogens is 539 g/mol. The first-order valence-electron chi connectivity index (χ1n) is 10.8. The van der Waals surface area contributed by atoms with E-state index in [0.717, 1.165) is 6.07 Å². The van der Waals surface area contributed by atoms with Crippen molar-refractivity contribution in [2.24, 2.45) is 0 Å². The number of aromatic carboxylic acids is 1. The van der Waals surface area contributed by atoms with Crippen molar-refractivity contribution in [3.63, 3.8) is 0 Å². The summed E-state index contributed by atoms with van der Waals surface area (Å²) >= 11 is 19.3. The van der Waals surface area contributed by atoms with Crippen LogP contribution in [0.3, 0.4) is 0 Å². The molecule has 0 saturated carbocycles. The van der Waals surface area contributed by atoms with Crippen molar-refractivity contribution in [3.8, 4) is 39.3 Å². The van der Waals surface area contributed by atoms with Gasteiger partial charge < -0.3 is 14.6 Å². The monoisotopic (exact) mass is 552 g/mol. The smallest absolute Gasteiger partial charge is 0.337 e. The van der Waals surface area contributed by atoms with Gasteiger partial charge in [0.1, 0.15) is 17.1 Å². The lowest BCUT2D eigenvalue weighted by Gasteiger charge is -2.20. The number of phenols is 1. The molecule has 1 heterocycles. The summed E-state index contributed by atoms with van der Waals surface area (Å²) in [5.74, 6) is -1.85. The minimum atomic E-state index is -1.38. The molecule has 0 spiro atoms. The third-order valence-corrected chi connectivity index (χ3v) is 7.02. The Balaban J connectivity index is 2.06. The van der Waals surface area contributed by atoms with E-state index < -0.39 is 17.2 Å². The molecule has 9 heteroatoms. The zero-order valence-corrected chi connectivity index (χ0v) is 21.2. The predicted octanol–water partition coefficient (Wildman–Crippen LogP) is 7.80. The van der Waals surface area contributed by atoms with Crippen LogP contribution in [0.5, 0.6) is 5.75 Å². The quantitative estimate of drug-likeness (QED) is 0.174. The molecule has 6 nitrogen and oxygen atoms in total. The number of carboxylic acid groups (broad SMARTS) is 1. The third kappa shape index (κ3) is 4.13. The van der Waals surface area contributed by atoms with E-state index in [1.807, 2.05) is 6.07 Å². The number of halogens is 3. The Bertz CT molecular complexity index is 1790. The van der Waals surface area contributed by atoms with E-state index in [1.54, 1.807) is 30.3 Å². The fourth-order valence-corrected chi connectivity index (χ4v) is 5.20. The van der Waals surface area contributed by atoms with Gasteiger partial charge in [-0.05, 0) is 30.7 Å². The third-order valence-electron chi connectivity index (χ3n) is 6.03. The van der Waals surface area contributed by atoms with Crippen molar-refractivity contribution in [1.29, 1.82) is 0 Å². The van der Waals surface area contributed by atoms with E-state index in [1.165, 1.54) is 25.1 Å². The second-order valence-corrected chi connectivity index (χ2v) is 9.51. The number of benzene rings is 4. The molecule has 3 aromatic rings. The Morgan fingerprint density at radius 1 is 0.865 bits per heavy atom. The van der Waals surface area contributed by atoms with E-state index >= 15 is 0 Å². The van der Waals surface area contributed by atoms with Crippen molar-refractivity contribution in [3.05, 3.63) is 97.1 Å². The standard InChI is InChI=1S/C28H15Cl3O6/c1-12(32)14-8-19(30)25(28(35)36)26(27(14)31)24-16-7-15(13-5-3-2-4-6-13)20(33)10-22(16)37-23-11-21(34)18(29)9-17(23)24/h2-11,33H,1H3,(H,35,36). The second-order valence-electron chi connectivity index (χ2n) is 8.32. The van der Waals surface area contributed by atoms with E-state index in [4.69, 9.17) is 39.2 Å². The fraction of sp³-hybridized carbons (Fsp3) is 0.0357. The molecule has 2 aliphatic rings. The molecule has 0 bridgehead atoms. The SMILES string of the molecule is CC(=O)c1cc(Cl)c(C(=O)O)c(-c2c3cc(Cl)c(=O)cc-3oc3cc(O)c(-c4ccccc4)cc23)c1Cl. The fourth-order valence-electron chi connectivity index (χ4n) is 4.37. The first-order chi connectivity index (χ1) is 17.6. The van der Waals surface area contributed by atoms with E-state index in [2.05, 4.69) is 0 Å². The first-order valence-corrected chi connectivity index (χ1v) is 12.0. The van der Waals surface area contributed by atoms with Crippen molar-refractivity contribution in [2.45, 2.75) is 6.92 Å². The maximum Gasteiger partial charge on any atom is 0.337 e. The van der Waals surface area contributed by atoms with Gasteiger partial charge in [0.25, 0.3) is 0 Å². The number of carbonyl (C=O) groups excluding carboxylic acids is 1. The van der Waals surface area contributed by atoms with Gasteiger partial charge in [-0.1, -0.05) is 65.1 Å². The number of aromatic hydroxyl groups is 1. The molecule has 0 fully saturated rings. The van der Waals surface area contributed by atoms with Crippen LogP contribution in [0, 0.1) is 0 Å². The number of ketones is 1. The summed E-state index contributed by atoms with van der Waals surface area (Å²) in [4.78, 5) is 37.1. The van der Waals surface area contributed by atoms with E-state index in [0.29, 0.717) is 16.5 Å². The van der Waals surface area contributed by atoms with Gasteiger partial charge in [-0.15, -0.1) is 0 Å². The molecule has 0 radical (unpaired) electrons. The largest absolute Gasteiger partial charge is 0.507 e. The van der Waals surface area contributed by atoms with E-state index in [9.17, 15) is 24.6 Å². The van der Waals surface area contributed by atoms with Gasteiger partial charge in [-0.25, -0.2) is 4.79 Å². The van der Waals surface area contributed by atoms with Crippen LogP contribution in [-0.2, 0) is 0 Å². The summed E-state index contributed by atoms with van der Waals surface area (Å²) in [7, 11) is 0. The van der Waals surface area contributed by atoms with Gasteiger partial charge in [0.05, 0.1) is 20.6 Å². The van der Waals surface area contributed by atoms with Crippen LogP contribution in [0.15, 0.2) is 69.9 Å². The number of Topliss-reactive ketones (excluding diaryl/α,β-unsaturated/α-hetero) is 1. The van der Waals surface area contributed by atoms with Crippen LogP contribution in [0.4, 0.5) is 0 Å². The molecular formula is C28H15Cl3O6. The number of phenolic OH excluding ortho intramolecular Hbond substituents is 1. The summed E-state index contributed by atoms with van der Waals surface area (Å²) in [6.07, 6.45) is 0. The lowest BCUT2D eigenvalue weighted by atomic mass is 9.88. The normalized spacial score (nSPS) is 11.2. The topological polar surface area (TPSA) is 105 Å². The Morgan fingerprint density at radius 3 is 2.22 bits per heavy atom. The average molecular weight is 554 g/mol. The second kappa shape index (κ2) is 9.23. The highest BCUT2D eigenvalue weighted by Gasteiger charge is 2.29. The van der Waals surface area contributed by atoms with Crippen molar-refractivity contribution in [1.82, 2.24) is 0 Å². The average Bonchev–Trinajstić information content (AvgIpc) is 2.84. The van der Waals surface area contributed by atoms with Crippen molar-refractivity contribution in [2.75, 3.05) is 0 Å². The number of carboxylic acids is 1. The molecule has 5 rings (SSSR count). The molecule has 0 saturated heterocycles. The van der Waals surface area contributed by atoms with Crippen molar-refractivity contribution < 1.29 is 24.2 Å². The predicted molar refractivity (Wildman–Crippen MR) is 144 cm³/mol. The summed E-state index contributed by atoms with van der Waals surface area (Å²) in [5, 5.41) is 20.8. The number of fused-ring (bicyclic) bond motifs is 2. The van der Waals surface area contributed by atoms with Crippen molar-refractivity contribution >= 4 is 57.5 Å². The summed E-state index contributed by atoms with van der Waals surface area (Å²) in [6, 6.07) is 15.7. The van der Waals surface area contributed by atoms with Crippen LogP contribution in [0.1, 0.15) is 27.6 Å². The Morgan fingerprint density at radius 2 is 1.57 bits per heavy atom. The highest BCUT2D eigenvalue weighted by molar-refractivity contribution is 6.41. The van der Waals surface area contributed by atoms with Crippen LogP contribution in [-0.4, -0.2) is 22.0 Å². The Kier molecular flexibility index (Phi) is 6.20. The van der Waals surface area contributed by atoms with Gasteiger partial charge >= 0.3 is 5.97 Å². The molecule has 0 atom stereocenters. The maximum absolute atomic E-state index is 12.4. The number of hydrogen-bond acceptors (Lipinski definition) is 5.